The quantitative estimate of drug-likeness (QED) is 0.583. The first kappa shape index (κ1) is 10.2. The average Bonchev–Trinajstić information content (AvgIpc) is 2.16. The smallest absolute Gasteiger partial charge is 0.180 e. The van der Waals surface area contributed by atoms with Crippen LogP contribution in [0.5, 0.6) is 0 Å². The Hall–Kier alpha value is -0.910. The molecule has 72 valence electrons. The molecule has 0 aliphatic heterocycles. The van der Waals surface area contributed by atoms with E-state index in [0.717, 1.165) is 0 Å². The third-order valence-corrected chi connectivity index (χ3v) is 3.24. The molecular formula is C8H10O4S. The summed E-state index contributed by atoms with van der Waals surface area (Å²) in [6.45, 7) is -0.211. The lowest BCUT2D eigenvalue weighted by molar-refractivity contribution is -0.237. The molecule has 0 amide bonds. The minimum atomic E-state index is -3.31. The molecule has 0 radical (unpaired) electrons. The van der Waals surface area contributed by atoms with Gasteiger partial charge in [-0.05, 0) is 12.1 Å². The van der Waals surface area contributed by atoms with Gasteiger partial charge in [0.2, 0.25) is 0 Å². The van der Waals surface area contributed by atoms with Crippen molar-refractivity contribution in [1.82, 2.24) is 0 Å². The normalized spacial score (nSPS) is 11.5. The molecule has 0 aliphatic rings. The molecule has 0 aliphatic carbocycles. The molecule has 1 aromatic rings. The lowest BCUT2D eigenvalue weighted by atomic mass is 10.4. The van der Waals surface area contributed by atoms with Gasteiger partial charge in [-0.1, -0.05) is 18.2 Å². The van der Waals surface area contributed by atoms with Gasteiger partial charge < -0.3 is 0 Å². The summed E-state index contributed by atoms with van der Waals surface area (Å²) in [6.07, 6.45) is 0. The second-order valence-electron chi connectivity index (χ2n) is 2.47. The van der Waals surface area contributed by atoms with Gasteiger partial charge in [-0.15, -0.1) is 0 Å². The van der Waals surface area contributed by atoms with Crippen LogP contribution in [0.15, 0.2) is 35.2 Å². The third kappa shape index (κ3) is 2.80. The summed E-state index contributed by atoms with van der Waals surface area (Å²) < 4.78 is 22.8. The molecule has 5 heteroatoms. The van der Waals surface area contributed by atoms with Gasteiger partial charge in [0.05, 0.1) is 17.3 Å². The van der Waals surface area contributed by atoms with E-state index in [0.29, 0.717) is 0 Å². The fraction of sp³-hybridized carbons (Fsp3) is 0.250. The zero-order chi connectivity index (χ0) is 9.73. The molecule has 1 rings (SSSR count). The van der Waals surface area contributed by atoms with Crippen LogP contribution in [-0.4, -0.2) is 26.0 Å². The maximum atomic E-state index is 11.4. The van der Waals surface area contributed by atoms with Gasteiger partial charge in [0.1, 0.15) is 0 Å². The largest absolute Gasteiger partial charge is 0.252 e. The van der Waals surface area contributed by atoms with Crippen LogP contribution in [0.2, 0.25) is 0 Å². The van der Waals surface area contributed by atoms with Crippen molar-refractivity contribution in [2.24, 2.45) is 0 Å². The van der Waals surface area contributed by atoms with Crippen LogP contribution in [0.3, 0.4) is 0 Å². The van der Waals surface area contributed by atoms with Crippen molar-refractivity contribution in [2.45, 2.75) is 4.90 Å². The fourth-order valence-electron chi connectivity index (χ4n) is 0.893. The summed E-state index contributed by atoms with van der Waals surface area (Å²) in [6, 6.07) is 8.04. The van der Waals surface area contributed by atoms with Crippen molar-refractivity contribution in [2.75, 3.05) is 12.4 Å². The van der Waals surface area contributed by atoms with Crippen molar-refractivity contribution in [1.29, 1.82) is 0 Å². The lowest BCUT2D eigenvalue weighted by Crippen LogP contribution is -2.11. The van der Waals surface area contributed by atoms with E-state index in [1.807, 2.05) is 0 Å². The molecule has 0 fully saturated rings. The van der Waals surface area contributed by atoms with Crippen molar-refractivity contribution < 1.29 is 18.6 Å². The number of rotatable bonds is 4. The van der Waals surface area contributed by atoms with Crippen LogP contribution in [-0.2, 0) is 14.7 Å². The van der Waals surface area contributed by atoms with Gasteiger partial charge >= 0.3 is 0 Å². The Kier molecular flexibility index (Phi) is 3.41. The standard InChI is InChI=1S/C8H10O4S/c9-12-6-7-13(10,11)8-4-2-1-3-5-8/h1-5,9H,6-7H2. The van der Waals surface area contributed by atoms with E-state index in [2.05, 4.69) is 4.89 Å². The average molecular weight is 202 g/mol. The fourth-order valence-corrected chi connectivity index (χ4v) is 1.99. The minimum absolute atomic E-state index is 0.211. The molecule has 0 spiro atoms. The monoisotopic (exact) mass is 202 g/mol. The SMILES string of the molecule is O=S(=O)(CCOO)c1ccccc1. The van der Waals surface area contributed by atoms with Crippen LogP contribution in [0.4, 0.5) is 0 Å². The summed E-state index contributed by atoms with van der Waals surface area (Å²) in [7, 11) is -3.31. The summed E-state index contributed by atoms with van der Waals surface area (Å²) in [4.78, 5) is 3.96. The first-order chi connectivity index (χ1) is 6.17. The van der Waals surface area contributed by atoms with Crippen molar-refractivity contribution >= 4 is 9.84 Å². The van der Waals surface area contributed by atoms with E-state index in [1.165, 1.54) is 12.1 Å². The molecule has 0 aromatic heterocycles. The van der Waals surface area contributed by atoms with Gasteiger partial charge in [-0.3, -0.25) is 5.26 Å². The first-order valence-electron chi connectivity index (χ1n) is 3.71. The van der Waals surface area contributed by atoms with Crippen LogP contribution in [0, 0.1) is 0 Å². The maximum Gasteiger partial charge on any atom is 0.180 e. The predicted molar refractivity (Wildman–Crippen MR) is 47.1 cm³/mol. The Morgan fingerprint density at radius 3 is 2.38 bits per heavy atom. The van der Waals surface area contributed by atoms with E-state index in [9.17, 15) is 8.42 Å². The second kappa shape index (κ2) is 4.36. The van der Waals surface area contributed by atoms with Crippen LogP contribution in [0.25, 0.3) is 0 Å². The second-order valence-corrected chi connectivity index (χ2v) is 4.57. The number of hydrogen-bond donors (Lipinski definition) is 1. The van der Waals surface area contributed by atoms with E-state index in [4.69, 9.17) is 5.26 Å². The summed E-state index contributed by atoms with van der Waals surface area (Å²) in [5.41, 5.74) is 0. The van der Waals surface area contributed by atoms with Gasteiger partial charge in [0.25, 0.3) is 0 Å². The summed E-state index contributed by atoms with van der Waals surface area (Å²) in [5, 5.41) is 8.01. The van der Waals surface area contributed by atoms with Crippen LogP contribution >= 0.6 is 0 Å². The van der Waals surface area contributed by atoms with E-state index >= 15 is 0 Å². The van der Waals surface area contributed by atoms with Gasteiger partial charge in [0, 0.05) is 0 Å². The first-order valence-corrected chi connectivity index (χ1v) is 5.36. The Balaban J connectivity index is 2.83. The highest BCUT2D eigenvalue weighted by Crippen LogP contribution is 2.09. The minimum Gasteiger partial charge on any atom is -0.252 e. The molecule has 1 aromatic carbocycles. The molecule has 0 bridgehead atoms. The van der Waals surface area contributed by atoms with Gasteiger partial charge in [0.15, 0.2) is 9.84 Å². The van der Waals surface area contributed by atoms with Crippen molar-refractivity contribution in [3.05, 3.63) is 30.3 Å². The molecule has 13 heavy (non-hydrogen) atoms. The Bertz CT molecular complexity index is 344. The topological polar surface area (TPSA) is 63.6 Å². The molecule has 0 heterocycles. The zero-order valence-corrected chi connectivity index (χ0v) is 7.70. The van der Waals surface area contributed by atoms with Gasteiger partial charge in [-0.25, -0.2) is 13.3 Å². The Morgan fingerprint density at radius 2 is 1.85 bits per heavy atom. The molecule has 0 unspecified atom stereocenters. The number of hydrogen-bond acceptors (Lipinski definition) is 4. The summed E-state index contributed by atoms with van der Waals surface area (Å²) >= 11 is 0. The van der Waals surface area contributed by atoms with E-state index in [-0.39, 0.29) is 17.3 Å². The van der Waals surface area contributed by atoms with Crippen LogP contribution < -0.4 is 0 Å². The molecule has 1 N–H and O–H groups in total. The number of benzene rings is 1. The molecule has 4 nitrogen and oxygen atoms in total. The molecule has 0 saturated carbocycles. The number of sulfone groups is 1. The highest BCUT2D eigenvalue weighted by atomic mass is 32.2. The lowest BCUT2D eigenvalue weighted by Gasteiger charge is -2.01. The third-order valence-electron chi connectivity index (χ3n) is 1.55. The molecule has 0 saturated heterocycles. The van der Waals surface area contributed by atoms with Crippen molar-refractivity contribution in [3.8, 4) is 0 Å². The molecular weight excluding hydrogens is 192 g/mol. The Morgan fingerprint density at radius 1 is 1.23 bits per heavy atom. The predicted octanol–water partition coefficient (Wildman–Crippen LogP) is 0.950. The maximum absolute atomic E-state index is 11.4. The Labute approximate surface area is 76.6 Å². The summed E-state index contributed by atoms with van der Waals surface area (Å²) in [5.74, 6) is -0.215. The van der Waals surface area contributed by atoms with Gasteiger partial charge in [-0.2, -0.15) is 0 Å². The highest BCUT2D eigenvalue weighted by molar-refractivity contribution is 7.91. The van der Waals surface area contributed by atoms with E-state index < -0.39 is 9.84 Å². The zero-order valence-electron chi connectivity index (χ0n) is 6.88. The van der Waals surface area contributed by atoms with Crippen LogP contribution in [0.1, 0.15) is 0 Å². The van der Waals surface area contributed by atoms with Crippen molar-refractivity contribution in [3.63, 3.8) is 0 Å². The highest BCUT2D eigenvalue weighted by Gasteiger charge is 2.12. The molecule has 0 atom stereocenters. The van der Waals surface area contributed by atoms with E-state index in [1.54, 1.807) is 18.2 Å².